The van der Waals surface area contributed by atoms with Gasteiger partial charge in [0.05, 0.1) is 18.2 Å². The van der Waals surface area contributed by atoms with Gasteiger partial charge in [0.1, 0.15) is 0 Å². The first kappa shape index (κ1) is 22.1. The van der Waals surface area contributed by atoms with Gasteiger partial charge in [0.15, 0.2) is 0 Å². The van der Waals surface area contributed by atoms with Crippen LogP contribution in [0.25, 0.3) is 17.0 Å². The van der Waals surface area contributed by atoms with Gasteiger partial charge in [0, 0.05) is 23.7 Å². The Balaban J connectivity index is 1.72. The molecule has 0 aliphatic heterocycles. The van der Waals surface area contributed by atoms with Crippen molar-refractivity contribution < 1.29 is 27.5 Å². The maximum absolute atomic E-state index is 13.1. The van der Waals surface area contributed by atoms with E-state index in [9.17, 15) is 22.8 Å². The molecule has 1 amide bonds. The van der Waals surface area contributed by atoms with Crippen molar-refractivity contribution in [3.05, 3.63) is 77.5 Å². The highest BCUT2D eigenvalue weighted by molar-refractivity contribution is 5.93. The number of carbonyl (C=O) groups excluding carboxylic acids is 2. The summed E-state index contributed by atoms with van der Waals surface area (Å²) in [4.78, 5) is 24.2. The lowest BCUT2D eigenvalue weighted by molar-refractivity contribution is -0.137. The minimum Gasteiger partial charge on any atom is -0.452 e. The van der Waals surface area contributed by atoms with Crippen LogP contribution in [0.15, 0.2) is 60.8 Å². The Hall–Kier alpha value is -3.55. The minimum atomic E-state index is -4.50. The van der Waals surface area contributed by atoms with Crippen molar-refractivity contribution in [2.24, 2.45) is 0 Å². The molecule has 3 rings (SSSR count). The van der Waals surface area contributed by atoms with Crippen LogP contribution in [0.4, 0.5) is 18.0 Å². The molecule has 3 aromatic rings. The standard InChI is InChI=1S/C23H21F3N2O3/c1-15(13-17-14-28(22(30)31-2)20-10-6-4-8-18(17)20)27-21(29)12-11-16-7-3-5-9-19(16)23(24,25)26/h3-12,14-15H,13H2,1-2H3,(H,27,29)/t15-/m1/s1. The van der Waals surface area contributed by atoms with Crippen molar-refractivity contribution in [1.82, 2.24) is 9.88 Å². The van der Waals surface area contributed by atoms with E-state index in [1.54, 1.807) is 25.3 Å². The fraction of sp³-hybridized carbons (Fsp3) is 0.217. The molecule has 0 bridgehead atoms. The van der Waals surface area contributed by atoms with Crippen molar-refractivity contribution in [1.29, 1.82) is 0 Å². The van der Waals surface area contributed by atoms with E-state index in [0.717, 1.165) is 29.2 Å². The first-order valence-corrected chi connectivity index (χ1v) is 9.52. The molecule has 31 heavy (non-hydrogen) atoms. The van der Waals surface area contributed by atoms with Crippen molar-refractivity contribution in [2.75, 3.05) is 7.11 Å². The third kappa shape index (κ3) is 5.14. The average molecular weight is 430 g/mol. The lowest BCUT2D eigenvalue weighted by Gasteiger charge is -2.12. The smallest absolute Gasteiger partial charge is 0.418 e. The largest absolute Gasteiger partial charge is 0.452 e. The highest BCUT2D eigenvalue weighted by atomic mass is 19.4. The molecule has 1 aromatic heterocycles. The van der Waals surface area contributed by atoms with Gasteiger partial charge in [-0.3, -0.25) is 9.36 Å². The highest BCUT2D eigenvalue weighted by Crippen LogP contribution is 2.32. The number of carbonyl (C=O) groups is 2. The number of para-hydroxylation sites is 1. The van der Waals surface area contributed by atoms with E-state index in [1.165, 1.54) is 29.9 Å². The quantitative estimate of drug-likeness (QED) is 0.578. The van der Waals surface area contributed by atoms with Gasteiger partial charge in [-0.1, -0.05) is 36.4 Å². The predicted molar refractivity (Wildman–Crippen MR) is 112 cm³/mol. The molecule has 0 radical (unpaired) electrons. The second-order valence-corrected chi connectivity index (χ2v) is 7.04. The molecule has 1 atom stereocenters. The number of halogens is 3. The monoisotopic (exact) mass is 430 g/mol. The van der Waals surface area contributed by atoms with E-state index in [1.807, 2.05) is 12.1 Å². The second kappa shape index (κ2) is 9.07. The molecule has 0 saturated heterocycles. The first-order valence-electron chi connectivity index (χ1n) is 9.52. The number of alkyl halides is 3. The Labute approximate surface area is 177 Å². The van der Waals surface area contributed by atoms with Gasteiger partial charge >= 0.3 is 12.3 Å². The first-order chi connectivity index (χ1) is 14.7. The SMILES string of the molecule is COC(=O)n1cc(C[C@@H](C)NC(=O)C=Cc2ccccc2C(F)(F)F)c2ccccc21. The Morgan fingerprint density at radius 1 is 1.13 bits per heavy atom. The summed E-state index contributed by atoms with van der Waals surface area (Å²) in [6, 6.07) is 12.0. The van der Waals surface area contributed by atoms with Crippen molar-refractivity contribution in [3.8, 4) is 0 Å². The number of methoxy groups -OCH3 is 1. The summed E-state index contributed by atoms with van der Waals surface area (Å²) in [6.45, 7) is 1.78. The van der Waals surface area contributed by atoms with Crippen LogP contribution in [-0.2, 0) is 22.1 Å². The number of aromatic nitrogens is 1. The molecular weight excluding hydrogens is 409 g/mol. The third-order valence-electron chi connectivity index (χ3n) is 4.76. The molecular formula is C23H21F3N2O3. The molecule has 1 N–H and O–H groups in total. The van der Waals surface area contributed by atoms with Crippen molar-refractivity contribution in [2.45, 2.75) is 25.6 Å². The summed E-state index contributed by atoms with van der Waals surface area (Å²) in [5, 5.41) is 3.59. The molecule has 0 aliphatic rings. The van der Waals surface area contributed by atoms with Gasteiger partial charge in [-0.15, -0.1) is 0 Å². The molecule has 0 spiro atoms. The molecule has 0 fully saturated rings. The molecule has 0 aliphatic carbocycles. The zero-order valence-corrected chi connectivity index (χ0v) is 16.9. The van der Waals surface area contributed by atoms with E-state index in [2.05, 4.69) is 5.32 Å². The molecule has 1 heterocycles. The summed E-state index contributed by atoms with van der Waals surface area (Å²) in [5.74, 6) is -0.513. The van der Waals surface area contributed by atoms with Crippen LogP contribution in [0.2, 0.25) is 0 Å². The number of benzene rings is 2. The predicted octanol–water partition coefficient (Wildman–Crippen LogP) is 5.04. The van der Waals surface area contributed by atoms with Crippen molar-refractivity contribution >= 4 is 29.0 Å². The number of hydrogen-bond donors (Lipinski definition) is 1. The Morgan fingerprint density at radius 3 is 2.52 bits per heavy atom. The zero-order valence-electron chi connectivity index (χ0n) is 16.9. The molecule has 2 aromatic carbocycles. The van der Waals surface area contributed by atoms with Crippen LogP contribution >= 0.6 is 0 Å². The topological polar surface area (TPSA) is 60.3 Å². The van der Waals surface area contributed by atoms with Crippen LogP contribution < -0.4 is 5.32 Å². The number of nitrogens with zero attached hydrogens (tertiary/aromatic N) is 1. The van der Waals surface area contributed by atoms with E-state index in [4.69, 9.17) is 4.74 Å². The number of nitrogens with one attached hydrogen (secondary N) is 1. The summed E-state index contributed by atoms with van der Waals surface area (Å²) >= 11 is 0. The van der Waals surface area contributed by atoms with E-state index >= 15 is 0 Å². The molecule has 0 unspecified atom stereocenters. The molecule has 0 saturated carbocycles. The summed E-state index contributed by atoms with van der Waals surface area (Å²) < 4.78 is 45.4. The number of hydrogen-bond acceptors (Lipinski definition) is 3. The highest BCUT2D eigenvalue weighted by Gasteiger charge is 2.32. The summed E-state index contributed by atoms with van der Waals surface area (Å²) in [6.07, 6.45) is -0.714. The molecule has 8 heteroatoms. The number of fused-ring (bicyclic) bond motifs is 1. The number of rotatable bonds is 5. The van der Waals surface area contributed by atoms with Crippen LogP contribution in [0.1, 0.15) is 23.6 Å². The van der Waals surface area contributed by atoms with Crippen LogP contribution in [0.3, 0.4) is 0 Å². The Kier molecular flexibility index (Phi) is 6.48. The van der Waals surface area contributed by atoms with Crippen LogP contribution in [-0.4, -0.2) is 29.7 Å². The van der Waals surface area contributed by atoms with Gasteiger partial charge in [-0.2, -0.15) is 13.2 Å². The van der Waals surface area contributed by atoms with Crippen molar-refractivity contribution in [3.63, 3.8) is 0 Å². The van der Waals surface area contributed by atoms with E-state index in [0.29, 0.717) is 11.9 Å². The fourth-order valence-electron chi connectivity index (χ4n) is 3.40. The van der Waals surface area contributed by atoms with Gasteiger partial charge in [-0.25, -0.2) is 4.79 Å². The third-order valence-corrected chi connectivity index (χ3v) is 4.76. The van der Waals surface area contributed by atoms with E-state index < -0.39 is 23.7 Å². The maximum Gasteiger partial charge on any atom is 0.418 e. The van der Waals surface area contributed by atoms with Crippen LogP contribution in [0.5, 0.6) is 0 Å². The normalized spacial score (nSPS) is 12.8. The minimum absolute atomic E-state index is 0.0843. The summed E-state index contributed by atoms with van der Waals surface area (Å²) in [5.41, 5.74) is 0.633. The number of amides is 1. The molecule has 162 valence electrons. The van der Waals surface area contributed by atoms with Gasteiger partial charge < -0.3 is 10.1 Å². The Morgan fingerprint density at radius 2 is 1.81 bits per heavy atom. The lowest BCUT2D eigenvalue weighted by atomic mass is 10.1. The average Bonchev–Trinajstić information content (AvgIpc) is 3.09. The fourth-order valence-corrected chi connectivity index (χ4v) is 3.40. The Bertz CT molecular complexity index is 1130. The lowest BCUT2D eigenvalue weighted by Crippen LogP contribution is -2.32. The van der Waals surface area contributed by atoms with E-state index in [-0.39, 0.29) is 11.6 Å². The van der Waals surface area contributed by atoms with Gasteiger partial charge in [0.25, 0.3) is 0 Å². The van der Waals surface area contributed by atoms with Crippen LogP contribution in [0, 0.1) is 0 Å². The van der Waals surface area contributed by atoms with Gasteiger partial charge in [-0.05, 0) is 42.7 Å². The second-order valence-electron chi connectivity index (χ2n) is 7.04. The molecule has 5 nitrogen and oxygen atoms in total. The number of ether oxygens (including phenoxy) is 1. The maximum atomic E-state index is 13.1. The summed E-state index contributed by atoms with van der Waals surface area (Å²) in [7, 11) is 1.29. The van der Waals surface area contributed by atoms with Gasteiger partial charge in [0.2, 0.25) is 5.91 Å². The zero-order chi connectivity index (χ0) is 22.6.